The van der Waals surface area contributed by atoms with E-state index in [1.807, 2.05) is 0 Å². The van der Waals surface area contributed by atoms with Gasteiger partial charge in [0.15, 0.2) is 0 Å². The Labute approximate surface area is 137 Å². The zero-order chi connectivity index (χ0) is 17.3. The number of hydrogen-bond donors (Lipinski definition) is 2. The summed E-state index contributed by atoms with van der Waals surface area (Å²) < 4.78 is 25.7. The Balaban J connectivity index is 1.61. The molecule has 2 aromatic rings. The quantitative estimate of drug-likeness (QED) is 0.846. The van der Waals surface area contributed by atoms with E-state index in [9.17, 15) is 18.4 Å². The first-order valence-corrected chi connectivity index (χ1v) is 7.27. The van der Waals surface area contributed by atoms with Crippen molar-refractivity contribution in [3.05, 3.63) is 72.3 Å². The van der Waals surface area contributed by atoms with Gasteiger partial charge in [-0.1, -0.05) is 12.2 Å². The molecular weight excluding hydrogens is 314 g/mol. The van der Waals surface area contributed by atoms with Crippen molar-refractivity contribution in [1.82, 2.24) is 0 Å². The van der Waals surface area contributed by atoms with Crippen molar-refractivity contribution < 1.29 is 18.4 Å². The van der Waals surface area contributed by atoms with Crippen molar-refractivity contribution in [2.24, 2.45) is 11.8 Å². The number of carbonyl (C=O) groups is 2. The first-order chi connectivity index (χ1) is 11.5. The van der Waals surface area contributed by atoms with Crippen LogP contribution in [-0.4, -0.2) is 11.8 Å². The van der Waals surface area contributed by atoms with Gasteiger partial charge in [0.1, 0.15) is 11.6 Å². The van der Waals surface area contributed by atoms with Crippen molar-refractivity contribution in [1.29, 1.82) is 0 Å². The highest BCUT2D eigenvalue weighted by Crippen LogP contribution is 2.45. The molecule has 0 heterocycles. The number of halogens is 2. The van der Waals surface area contributed by atoms with Crippen LogP contribution in [0.1, 0.15) is 0 Å². The fourth-order valence-electron chi connectivity index (χ4n) is 2.46. The third kappa shape index (κ3) is 3.32. The number of nitrogens with one attached hydrogen (secondary N) is 2. The van der Waals surface area contributed by atoms with Gasteiger partial charge in [0.05, 0.1) is 11.8 Å². The number of amides is 2. The summed E-state index contributed by atoms with van der Waals surface area (Å²) in [6.07, 6.45) is 0. The summed E-state index contributed by atoms with van der Waals surface area (Å²) in [5, 5.41) is 5.24. The van der Waals surface area contributed by atoms with E-state index in [1.54, 1.807) is 0 Å². The molecule has 0 bridgehead atoms. The molecule has 0 aromatic heterocycles. The highest BCUT2D eigenvalue weighted by molar-refractivity contribution is 6.08. The summed E-state index contributed by atoms with van der Waals surface area (Å²) in [7, 11) is 0. The van der Waals surface area contributed by atoms with Crippen LogP contribution in [0.15, 0.2) is 60.7 Å². The van der Waals surface area contributed by atoms with Gasteiger partial charge in [-0.05, 0) is 48.5 Å². The van der Waals surface area contributed by atoms with Crippen LogP contribution >= 0.6 is 0 Å². The Morgan fingerprint density at radius 2 is 1.08 bits per heavy atom. The zero-order valence-electron chi connectivity index (χ0n) is 12.6. The van der Waals surface area contributed by atoms with Crippen molar-refractivity contribution in [2.75, 3.05) is 10.6 Å². The van der Waals surface area contributed by atoms with E-state index < -0.39 is 23.5 Å². The lowest BCUT2D eigenvalue weighted by atomic mass is 10.2. The highest BCUT2D eigenvalue weighted by Gasteiger charge is 2.52. The topological polar surface area (TPSA) is 58.2 Å². The van der Waals surface area contributed by atoms with Crippen LogP contribution in [0.25, 0.3) is 0 Å². The average molecular weight is 328 g/mol. The normalized spacial score (nSPS) is 18.8. The number of benzene rings is 2. The van der Waals surface area contributed by atoms with Gasteiger partial charge < -0.3 is 10.6 Å². The monoisotopic (exact) mass is 328 g/mol. The van der Waals surface area contributed by atoms with E-state index in [4.69, 9.17) is 0 Å². The smallest absolute Gasteiger partial charge is 0.232 e. The van der Waals surface area contributed by atoms with Crippen LogP contribution in [0.2, 0.25) is 0 Å². The van der Waals surface area contributed by atoms with Crippen molar-refractivity contribution in [2.45, 2.75) is 0 Å². The lowest BCUT2D eigenvalue weighted by Gasteiger charge is -2.05. The third-order valence-electron chi connectivity index (χ3n) is 3.81. The molecule has 2 amide bonds. The first kappa shape index (κ1) is 15.9. The molecule has 1 saturated carbocycles. The molecule has 0 aliphatic heterocycles. The van der Waals surface area contributed by atoms with E-state index in [-0.39, 0.29) is 11.8 Å². The number of hydrogen-bond acceptors (Lipinski definition) is 2. The van der Waals surface area contributed by atoms with E-state index >= 15 is 0 Å². The Hall–Kier alpha value is -3.02. The molecule has 1 fully saturated rings. The van der Waals surface area contributed by atoms with Crippen LogP contribution in [0.3, 0.4) is 0 Å². The SMILES string of the molecule is C=C1C(C(=O)Nc2ccc(F)cc2)[C@@H]1C(=O)Nc1ccc(F)cc1. The predicted molar refractivity (Wildman–Crippen MR) is 86.2 cm³/mol. The van der Waals surface area contributed by atoms with Crippen LogP contribution < -0.4 is 10.6 Å². The largest absolute Gasteiger partial charge is 0.326 e. The number of rotatable bonds is 4. The second-order valence-electron chi connectivity index (χ2n) is 5.52. The second kappa shape index (κ2) is 6.23. The predicted octanol–water partition coefficient (Wildman–Crippen LogP) is 3.34. The molecule has 3 rings (SSSR count). The van der Waals surface area contributed by atoms with Gasteiger partial charge in [-0.3, -0.25) is 9.59 Å². The minimum atomic E-state index is -0.629. The molecule has 0 saturated heterocycles. The summed E-state index contributed by atoms with van der Waals surface area (Å²) in [6, 6.07) is 10.7. The van der Waals surface area contributed by atoms with Crippen LogP contribution in [0.4, 0.5) is 20.2 Å². The van der Waals surface area contributed by atoms with Crippen LogP contribution in [-0.2, 0) is 9.59 Å². The summed E-state index contributed by atoms with van der Waals surface area (Å²) in [6.45, 7) is 3.74. The van der Waals surface area contributed by atoms with Crippen molar-refractivity contribution in [3.8, 4) is 0 Å². The summed E-state index contributed by atoms with van der Waals surface area (Å²) >= 11 is 0. The molecule has 24 heavy (non-hydrogen) atoms. The van der Waals surface area contributed by atoms with Crippen LogP contribution in [0, 0.1) is 23.5 Å². The average Bonchev–Trinajstić information content (AvgIpc) is 3.23. The number of carbonyl (C=O) groups excluding carboxylic acids is 2. The lowest BCUT2D eigenvalue weighted by molar-refractivity contribution is -0.122. The first-order valence-electron chi connectivity index (χ1n) is 7.27. The number of anilines is 2. The maximum Gasteiger partial charge on any atom is 0.232 e. The molecule has 1 aliphatic rings. The summed E-state index contributed by atoms with van der Waals surface area (Å²) in [5.74, 6) is -2.80. The van der Waals surface area contributed by atoms with Crippen LogP contribution in [0.5, 0.6) is 0 Å². The molecule has 4 nitrogen and oxygen atoms in total. The zero-order valence-corrected chi connectivity index (χ0v) is 12.6. The van der Waals surface area contributed by atoms with Gasteiger partial charge in [-0.2, -0.15) is 0 Å². The molecule has 2 aromatic carbocycles. The standard InChI is InChI=1S/C18H14F2N2O2/c1-10-15(17(23)21-13-6-2-11(19)3-7-13)16(10)18(24)22-14-8-4-12(20)5-9-14/h2-9,15-16H,1H2,(H,21,23)(H,22,24)/t15-,16?/m1/s1. The fraction of sp³-hybridized carbons (Fsp3) is 0.111. The molecule has 122 valence electrons. The molecular formula is C18H14F2N2O2. The van der Waals surface area contributed by atoms with E-state index in [2.05, 4.69) is 17.2 Å². The molecule has 1 unspecified atom stereocenters. The highest BCUT2D eigenvalue weighted by atomic mass is 19.1. The lowest BCUT2D eigenvalue weighted by Crippen LogP contribution is -2.20. The molecule has 6 heteroatoms. The maximum atomic E-state index is 12.9. The fourth-order valence-corrected chi connectivity index (χ4v) is 2.46. The Kier molecular flexibility index (Phi) is 4.12. The van der Waals surface area contributed by atoms with Gasteiger partial charge in [-0.15, -0.1) is 0 Å². The van der Waals surface area contributed by atoms with E-state index in [1.165, 1.54) is 48.5 Å². The van der Waals surface area contributed by atoms with Gasteiger partial charge in [0.25, 0.3) is 0 Å². The molecule has 0 spiro atoms. The Morgan fingerprint density at radius 3 is 1.42 bits per heavy atom. The van der Waals surface area contributed by atoms with E-state index in [0.29, 0.717) is 16.9 Å². The summed E-state index contributed by atoms with van der Waals surface area (Å²) in [4.78, 5) is 24.4. The minimum Gasteiger partial charge on any atom is -0.326 e. The molecule has 0 radical (unpaired) electrons. The third-order valence-corrected chi connectivity index (χ3v) is 3.81. The van der Waals surface area contributed by atoms with Gasteiger partial charge in [0, 0.05) is 11.4 Å². The van der Waals surface area contributed by atoms with Crippen molar-refractivity contribution in [3.63, 3.8) is 0 Å². The van der Waals surface area contributed by atoms with Gasteiger partial charge in [-0.25, -0.2) is 8.78 Å². The van der Waals surface area contributed by atoms with Gasteiger partial charge >= 0.3 is 0 Å². The molecule has 1 aliphatic carbocycles. The minimum absolute atomic E-state index is 0.370. The van der Waals surface area contributed by atoms with Crippen molar-refractivity contribution >= 4 is 23.2 Å². The molecule has 2 atom stereocenters. The molecule has 2 N–H and O–H groups in total. The Bertz CT molecular complexity index is 733. The Morgan fingerprint density at radius 1 is 0.750 bits per heavy atom. The summed E-state index contributed by atoms with van der Waals surface area (Å²) in [5.41, 5.74) is 1.40. The maximum absolute atomic E-state index is 12.9. The van der Waals surface area contributed by atoms with E-state index in [0.717, 1.165) is 0 Å². The second-order valence-corrected chi connectivity index (χ2v) is 5.52. The van der Waals surface area contributed by atoms with Gasteiger partial charge in [0.2, 0.25) is 11.8 Å².